The minimum absolute atomic E-state index is 0.165. The minimum atomic E-state index is -7.13. The molecule has 0 unspecified atom stereocenters. The highest BCUT2D eigenvalue weighted by atomic mass is 19.4. The fraction of sp³-hybridized carbons (Fsp3) is 1.00. The Labute approximate surface area is 174 Å². The lowest BCUT2D eigenvalue weighted by molar-refractivity contribution is -0.485. The summed E-state index contributed by atoms with van der Waals surface area (Å²) in [6.45, 7) is 2.09. The van der Waals surface area contributed by atoms with Crippen molar-refractivity contribution in [2.75, 3.05) is 0 Å². The Hall–Kier alpha value is -0.770. The molecule has 1 aliphatic rings. The van der Waals surface area contributed by atoms with E-state index in [9.17, 15) is 48.3 Å². The molecule has 0 nitrogen and oxygen atoms in total. The van der Waals surface area contributed by atoms with Crippen molar-refractivity contribution in [1.29, 1.82) is 0 Å². The Bertz CT molecular complexity index is 527. The second-order valence-corrected chi connectivity index (χ2v) is 8.31. The van der Waals surface area contributed by atoms with Gasteiger partial charge in [-0.25, -0.2) is 4.39 Å². The molecule has 31 heavy (non-hydrogen) atoms. The predicted octanol–water partition coefficient (Wildman–Crippen LogP) is 8.98. The monoisotopic (exact) mass is 478 g/mol. The van der Waals surface area contributed by atoms with Crippen LogP contribution < -0.4 is 0 Å². The van der Waals surface area contributed by atoms with Crippen molar-refractivity contribution in [3.8, 4) is 0 Å². The van der Waals surface area contributed by atoms with E-state index in [0.717, 1.165) is 51.4 Å². The smallest absolute Gasteiger partial charge is 0.230 e. The zero-order chi connectivity index (χ0) is 24.2. The molecule has 0 saturated heterocycles. The molecule has 1 aliphatic carbocycles. The first-order chi connectivity index (χ1) is 14.1. The van der Waals surface area contributed by atoms with Crippen LogP contribution in [-0.4, -0.2) is 35.3 Å². The molecular formula is C20H29F11. The van der Waals surface area contributed by atoms with Gasteiger partial charge in [-0.05, 0) is 12.8 Å². The van der Waals surface area contributed by atoms with Crippen molar-refractivity contribution < 1.29 is 48.3 Å². The summed E-state index contributed by atoms with van der Waals surface area (Å²) in [5.74, 6) is -34.5. The van der Waals surface area contributed by atoms with Gasteiger partial charge in [0.2, 0.25) is 5.67 Å². The summed E-state index contributed by atoms with van der Waals surface area (Å²) in [5, 5.41) is 0. The van der Waals surface area contributed by atoms with Gasteiger partial charge < -0.3 is 0 Å². The molecule has 0 aromatic carbocycles. The molecule has 186 valence electrons. The van der Waals surface area contributed by atoms with Gasteiger partial charge in [-0.2, -0.15) is 43.9 Å². The molecule has 11 heteroatoms. The average molecular weight is 478 g/mol. The van der Waals surface area contributed by atoms with Crippen LogP contribution in [0.5, 0.6) is 0 Å². The zero-order valence-corrected chi connectivity index (χ0v) is 17.3. The first-order valence-electron chi connectivity index (χ1n) is 10.6. The summed E-state index contributed by atoms with van der Waals surface area (Å²) < 4.78 is 149. The van der Waals surface area contributed by atoms with E-state index >= 15 is 0 Å². The summed E-state index contributed by atoms with van der Waals surface area (Å²) in [7, 11) is 0. The Kier molecular flexibility index (Phi) is 9.13. The normalized spacial score (nSPS) is 24.8. The molecular weight excluding hydrogens is 449 g/mol. The predicted molar refractivity (Wildman–Crippen MR) is 94.3 cm³/mol. The largest absolute Gasteiger partial charge is 0.384 e. The van der Waals surface area contributed by atoms with E-state index in [1.807, 2.05) is 0 Å². The maximum atomic E-state index is 14.5. The number of unbranched alkanes of at least 4 members (excludes halogenated alkanes) is 11. The number of alkyl halides is 11. The average Bonchev–Trinajstić information content (AvgIpc) is 2.66. The third-order valence-electron chi connectivity index (χ3n) is 5.95. The highest BCUT2D eigenvalue weighted by molar-refractivity contribution is 5.26. The molecule has 0 radical (unpaired) electrons. The van der Waals surface area contributed by atoms with E-state index in [2.05, 4.69) is 6.92 Å². The van der Waals surface area contributed by atoms with Crippen LogP contribution >= 0.6 is 0 Å². The topological polar surface area (TPSA) is 0 Å². The lowest BCUT2D eigenvalue weighted by atomic mass is 9.70. The lowest BCUT2D eigenvalue weighted by Gasteiger charge is -2.52. The quantitative estimate of drug-likeness (QED) is 0.183. The standard InChI is InChI=1S/C20H29F11/c1-2-3-4-5-6-7-8-9-10-11-12-13-14-15(21)16(22,23)18(26,27)20(30,31)19(28,29)17(15,24)25/h2-14H2,1H3. The maximum absolute atomic E-state index is 14.5. The summed E-state index contributed by atoms with van der Waals surface area (Å²) in [6, 6.07) is 0. The molecule has 1 rings (SSSR count). The lowest BCUT2D eigenvalue weighted by Crippen LogP contribution is -2.83. The molecule has 1 saturated carbocycles. The highest BCUT2D eigenvalue weighted by Gasteiger charge is 3.00. The Morgan fingerprint density at radius 1 is 0.355 bits per heavy atom. The third kappa shape index (κ3) is 4.66. The van der Waals surface area contributed by atoms with Crippen LogP contribution in [-0.2, 0) is 0 Å². The molecule has 0 amide bonds. The summed E-state index contributed by atoms with van der Waals surface area (Å²) in [4.78, 5) is 0. The van der Waals surface area contributed by atoms with E-state index in [4.69, 9.17) is 0 Å². The maximum Gasteiger partial charge on any atom is 0.384 e. The Balaban J connectivity index is 2.60. The molecule has 0 aromatic heterocycles. The molecule has 0 aromatic rings. The van der Waals surface area contributed by atoms with Gasteiger partial charge in [-0.1, -0.05) is 77.6 Å². The fourth-order valence-corrected chi connectivity index (χ4v) is 3.81. The molecule has 0 N–H and O–H groups in total. The first kappa shape index (κ1) is 28.3. The zero-order valence-electron chi connectivity index (χ0n) is 17.3. The van der Waals surface area contributed by atoms with E-state index in [0.29, 0.717) is 6.42 Å². The van der Waals surface area contributed by atoms with E-state index in [-0.39, 0.29) is 12.8 Å². The highest BCUT2D eigenvalue weighted by Crippen LogP contribution is 2.70. The second kappa shape index (κ2) is 10.0. The van der Waals surface area contributed by atoms with Crippen molar-refractivity contribution >= 4 is 0 Å². The molecule has 0 aliphatic heterocycles. The van der Waals surface area contributed by atoms with E-state index in [1.54, 1.807) is 0 Å². The van der Waals surface area contributed by atoms with Crippen LogP contribution in [0.25, 0.3) is 0 Å². The van der Waals surface area contributed by atoms with Crippen LogP contribution in [0.2, 0.25) is 0 Å². The Morgan fingerprint density at radius 3 is 0.935 bits per heavy atom. The second-order valence-electron chi connectivity index (χ2n) is 8.31. The van der Waals surface area contributed by atoms with Crippen LogP contribution in [0.4, 0.5) is 48.3 Å². The molecule has 0 bridgehead atoms. The number of halogens is 11. The third-order valence-corrected chi connectivity index (χ3v) is 5.95. The number of hydrogen-bond acceptors (Lipinski definition) is 0. The van der Waals surface area contributed by atoms with Gasteiger partial charge in [0.1, 0.15) is 0 Å². The van der Waals surface area contributed by atoms with Crippen LogP contribution in [0, 0.1) is 0 Å². The van der Waals surface area contributed by atoms with Gasteiger partial charge in [0, 0.05) is 0 Å². The molecule has 0 heterocycles. The van der Waals surface area contributed by atoms with Crippen molar-refractivity contribution in [2.24, 2.45) is 0 Å². The van der Waals surface area contributed by atoms with Crippen molar-refractivity contribution in [3.05, 3.63) is 0 Å². The fourth-order valence-electron chi connectivity index (χ4n) is 3.81. The van der Waals surface area contributed by atoms with Crippen molar-refractivity contribution in [3.63, 3.8) is 0 Å². The minimum Gasteiger partial charge on any atom is -0.230 e. The molecule has 0 atom stereocenters. The van der Waals surface area contributed by atoms with Crippen molar-refractivity contribution in [1.82, 2.24) is 0 Å². The molecule has 1 fully saturated rings. The summed E-state index contributed by atoms with van der Waals surface area (Å²) >= 11 is 0. The van der Waals surface area contributed by atoms with Gasteiger partial charge in [0.25, 0.3) is 0 Å². The van der Waals surface area contributed by atoms with Gasteiger partial charge in [0.15, 0.2) is 0 Å². The summed E-state index contributed by atoms with van der Waals surface area (Å²) in [6.07, 6.45) is 5.80. The van der Waals surface area contributed by atoms with E-state index in [1.165, 1.54) is 0 Å². The Morgan fingerprint density at radius 2 is 0.613 bits per heavy atom. The van der Waals surface area contributed by atoms with Crippen LogP contribution in [0.1, 0.15) is 90.4 Å². The number of hydrogen-bond donors (Lipinski definition) is 0. The summed E-state index contributed by atoms with van der Waals surface area (Å²) in [5.41, 5.74) is -5.81. The van der Waals surface area contributed by atoms with Crippen LogP contribution in [0.3, 0.4) is 0 Å². The van der Waals surface area contributed by atoms with Gasteiger partial charge in [-0.15, -0.1) is 0 Å². The van der Waals surface area contributed by atoms with Crippen molar-refractivity contribution in [2.45, 2.75) is 126 Å². The van der Waals surface area contributed by atoms with Crippen LogP contribution in [0.15, 0.2) is 0 Å². The van der Waals surface area contributed by atoms with Gasteiger partial charge >= 0.3 is 29.6 Å². The van der Waals surface area contributed by atoms with E-state index < -0.39 is 48.1 Å². The van der Waals surface area contributed by atoms with Gasteiger partial charge in [0.05, 0.1) is 0 Å². The molecule has 0 spiro atoms. The van der Waals surface area contributed by atoms with Gasteiger partial charge in [-0.3, -0.25) is 0 Å². The first-order valence-corrected chi connectivity index (χ1v) is 10.6. The SMILES string of the molecule is CCCCCCCCCCCCCCC1(F)C(F)(F)C(F)(F)C(F)(F)C(F)(F)C1(F)F. The number of rotatable bonds is 13.